The molecule has 0 saturated heterocycles. The molecule has 4 rings (SSSR count). The predicted molar refractivity (Wildman–Crippen MR) is 264 cm³/mol. The van der Waals surface area contributed by atoms with Crippen molar-refractivity contribution in [1.82, 2.24) is 9.80 Å². The lowest BCUT2D eigenvalue weighted by molar-refractivity contribution is -0.149. The molecule has 2 aromatic carbocycles. The molecule has 1 N–H and O–H groups in total. The Balaban J connectivity index is -0.000000114. The minimum atomic E-state index is -0.846. The van der Waals surface area contributed by atoms with Gasteiger partial charge in [-0.05, 0) is 68.4 Å². The van der Waals surface area contributed by atoms with Crippen LogP contribution in [0.1, 0.15) is 114 Å². The molecule has 380 valence electrons. The Morgan fingerprint density at radius 3 is 1.59 bits per heavy atom. The first kappa shape index (κ1) is 76.9. The number of ether oxygens (including phenoxy) is 7. The Morgan fingerprint density at radius 2 is 1.20 bits per heavy atom. The van der Waals surface area contributed by atoms with E-state index in [1.54, 1.807) is 67.0 Å². The van der Waals surface area contributed by atoms with Crippen LogP contribution in [0.4, 0.5) is 0 Å². The molecule has 1 aromatic heterocycles. The summed E-state index contributed by atoms with van der Waals surface area (Å²) in [5, 5.41) is 14.8. The molecule has 0 fully saturated rings. The van der Waals surface area contributed by atoms with Crippen molar-refractivity contribution in [1.29, 1.82) is 10.7 Å². The van der Waals surface area contributed by atoms with Crippen LogP contribution in [0.25, 0.3) is 10.8 Å². The Bertz CT molecular complexity index is 2020. The Labute approximate surface area is 399 Å². The van der Waals surface area contributed by atoms with Crippen molar-refractivity contribution < 1.29 is 61.5 Å². The molecule has 0 saturated carbocycles. The number of nitrogens with zero attached hydrogens (tertiary/aromatic N) is 3. The van der Waals surface area contributed by atoms with E-state index in [9.17, 15) is 28.8 Å². The van der Waals surface area contributed by atoms with Crippen molar-refractivity contribution in [2.75, 3.05) is 69.8 Å². The SMILES string of the molecule is C.C.C.C.C.C.C.CC#N.CCOC(=O)C(C)C(=O)Cl.CCOC(=O)C(C)c1cc2cc(OC)cc(OC)c2c(=O)o1.CN(C)C(=N)N(C)C.COc1cc2c(c(OC)c1)C(=O)OC(=O)C2. The molecule has 2 unspecified atom stereocenters. The zero-order valence-electron chi connectivity index (χ0n) is 35.6. The fourth-order valence-corrected chi connectivity index (χ4v) is 4.65. The fourth-order valence-electron chi connectivity index (χ4n) is 4.56. The number of hydrogen-bond acceptors (Lipinski definition) is 16. The highest BCUT2D eigenvalue weighted by Gasteiger charge is 2.29. The molecular formula is C47H81ClN4O14. The van der Waals surface area contributed by atoms with Crippen LogP contribution in [0.3, 0.4) is 0 Å². The summed E-state index contributed by atoms with van der Waals surface area (Å²) in [5.41, 5.74) is 0.295. The Morgan fingerprint density at radius 1 is 0.758 bits per heavy atom. The van der Waals surface area contributed by atoms with Gasteiger partial charge < -0.3 is 47.4 Å². The van der Waals surface area contributed by atoms with E-state index in [1.807, 2.05) is 28.2 Å². The van der Waals surface area contributed by atoms with E-state index >= 15 is 0 Å². The fraction of sp³-hybridized carbons (Fsp3) is 0.532. The number of esters is 4. The van der Waals surface area contributed by atoms with Crippen LogP contribution < -0.4 is 24.6 Å². The molecular weight excluding hydrogens is 880 g/mol. The molecule has 1 aliphatic rings. The minimum absolute atomic E-state index is 0. The summed E-state index contributed by atoms with van der Waals surface area (Å²) in [6.07, 6.45) is 0.0502. The standard InChI is InChI=1S/C16H18O6.C11H10O5.C6H9ClO3.C5H13N3.C2H3N.7CH4/c1-5-21-15(17)9(2)12-7-10-6-11(19-3)8-13(20-4)14(10)16(18)22-12;1-14-7-3-6-4-9(12)16-11(13)10(6)8(5-7)15-2;1-3-10-6(9)4(2)5(7)8;1-7(2)5(6)8(3)4;1-2-3;;;;;;;/h6-9H,5H2,1-4H3;3,5H,4H2,1-2H3;4H,3H2,1-2H3;6H,1-4H3;1H3;7*1H4. The number of guanidine groups is 1. The topological polar surface area (TPSA) is 234 Å². The normalized spacial score (nSPS) is 10.4. The first-order valence-corrected chi connectivity index (χ1v) is 18.1. The van der Waals surface area contributed by atoms with Crippen molar-refractivity contribution in [2.45, 2.75) is 98.9 Å². The largest absolute Gasteiger partial charge is 0.497 e. The third kappa shape index (κ3) is 24.1. The maximum atomic E-state index is 12.2. The number of carbonyl (C=O) groups excluding carboxylic acids is 5. The zero-order valence-corrected chi connectivity index (χ0v) is 36.4. The highest BCUT2D eigenvalue weighted by atomic mass is 35.5. The summed E-state index contributed by atoms with van der Waals surface area (Å²) in [6, 6.07) is 9.89. The second kappa shape index (κ2) is 39.1. The van der Waals surface area contributed by atoms with Crippen LogP contribution in [0.15, 0.2) is 39.5 Å². The smallest absolute Gasteiger partial charge is 0.349 e. The van der Waals surface area contributed by atoms with Gasteiger partial charge in [0, 0.05) is 47.2 Å². The van der Waals surface area contributed by atoms with Crippen molar-refractivity contribution >= 4 is 57.5 Å². The number of halogens is 1. The van der Waals surface area contributed by atoms with Gasteiger partial charge in [0.15, 0.2) is 5.96 Å². The second-order valence-electron chi connectivity index (χ2n) is 12.1. The monoisotopic (exact) mass is 961 g/mol. The molecule has 2 atom stereocenters. The average Bonchev–Trinajstić information content (AvgIpc) is 3.19. The maximum absolute atomic E-state index is 12.2. The molecule has 0 spiro atoms. The number of methoxy groups -OCH3 is 4. The van der Waals surface area contributed by atoms with Crippen LogP contribution in [-0.2, 0) is 39.8 Å². The van der Waals surface area contributed by atoms with Gasteiger partial charge in [-0.15, -0.1) is 0 Å². The molecule has 0 radical (unpaired) electrons. The Hall–Kier alpha value is -6.35. The van der Waals surface area contributed by atoms with Gasteiger partial charge in [0.1, 0.15) is 51.5 Å². The number of cyclic esters (lactones) is 2. The van der Waals surface area contributed by atoms with E-state index in [4.69, 9.17) is 50.4 Å². The first-order chi connectivity index (χ1) is 27.7. The lowest BCUT2D eigenvalue weighted by Gasteiger charge is -2.19. The third-order valence-corrected chi connectivity index (χ3v) is 7.85. The molecule has 3 aromatic rings. The van der Waals surface area contributed by atoms with Gasteiger partial charge in [0.2, 0.25) is 5.24 Å². The van der Waals surface area contributed by atoms with E-state index in [0.29, 0.717) is 50.9 Å². The summed E-state index contributed by atoms with van der Waals surface area (Å²) in [7, 11) is 13.3. The summed E-state index contributed by atoms with van der Waals surface area (Å²) in [4.78, 5) is 71.1. The van der Waals surface area contributed by atoms with Gasteiger partial charge in [-0.25, -0.2) is 9.59 Å². The lowest BCUT2D eigenvalue weighted by atomic mass is 10.0. The highest BCUT2D eigenvalue weighted by Crippen LogP contribution is 2.33. The molecule has 66 heavy (non-hydrogen) atoms. The number of nitrogens with one attached hydrogen (secondary N) is 1. The molecule has 0 aliphatic carbocycles. The highest BCUT2D eigenvalue weighted by molar-refractivity contribution is 6.65. The Kier molecular flexibility index (Phi) is 45.5. The van der Waals surface area contributed by atoms with Crippen LogP contribution >= 0.6 is 11.6 Å². The molecule has 18 nitrogen and oxygen atoms in total. The van der Waals surface area contributed by atoms with E-state index in [0.717, 1.165) is 0 Å². The van der Waals surface area contributed by atoms with Gasteiger partial charge in [0.25, 0.3) is 0 Å². The van der Waals surface area contributed by atoms with Gasteiger partial charge in [0.05, 0.1) is 54.1 Å². The van der Waals surface area contributed by atoms with Gasteiger partial charge in [-0.3, -0.25) is 24.6 Å². The van der Waals surface area contributed by atoms with Crippen molar-refractivity contribution in [2.24, 2.45) is 5.92 Å². The number of nitriles is 1. The first-order valence-electron chi connectivity index (χ1n) is 17.7. The van der Waals surface area contributed by atoms with Crippen LogP contribution in [-0.4, -0.2) is 115 Å². The number of hydrogen-bond donors (Lipinski definition) is 1. The number of fused-ring (bicyclic) bond motifs is 2. The molecule has 2 heterocycles. The van der Waals surface area contributed by atoms with Gasteiger partial charge in [-0.1, -0.05) is 52.0 Å². The van der Waals surface area contributed by atoms with E-state index in [2.05, 4.69) is 9.47 Å². The summed E-state index contributed by atoms with van der Waals surface area (Å²) < 4.78 is 39.8. The van der Waals surface area contributed by atoms with Crippen LogP contribution in [0.2, 0.25) is 0 Å². The lowest BCUT2D eigenvalue weighted by Crippen LogP contribution is -2.34. The number of carbonyl (C=O) groups is 5. The maximum Gasteiger partial charge on any atom is 0.349 e. The quantitative estimate of drug-likeness (QED) is 0.0497. The zero-order chi connectivity index (χ0) is 45.6. The average molecular weight is 962 g/mol. The van der Waals surface area contributed by atoms with Crippen molar-refractivity contribution in [3.8, 4) is 29.1 Å². The predicted octanol–water partition coefficient (Wildman–Crippen LogP) is 9.40. The van der Waals surface area contributed by atoms with Gasteiger partial charge in [-0.2, -0.15) is 5.26 Å². The summed E-state index contributed by atoms with van der Waals surface area (Å²) >= 11 is 5.02. The minimum Gasteiger partial charge on any atom is -0.497 e. The van der Waals surface area contributed by atoms with Gasteiger partial charge >= 0.3 is 29.5 Å². The van der Waals surface area contributed by atoms with E-state index in [1.165, 1.54) is 42.3 Å². The number of rotatable bonds is 10. The summed E-state index contributed by atoms with van der Waals surface area (Å²) in [5.74, 6) is -1.21. The second-order valence-corrected chi connectivity index (χ2v) is 12.5. The van der Waals surface area contributed by atoms with Crippen LogP contribution in [0.5, 0.6) is 23.0 Å². The van der Waals surface area contributed by atoms with E-state index in [-0.39, 0.29) is 77.4 Å². The summed E-state index contributed by atoms with van der Waals surface area (Å²) in [6.45, 7) is 8.39. The van der Waals surface area contributed by atoms with Crippen molar-refractivity contribution in [3.63, 3.8) is 0 Å². The van der Waals surface area contributed by atoms with Crippen molar-refractivity contribution in [3.05, 3.63) is 57.6 Å². The molecule has 0 bridgehead atoms. The van der Waals surface area contributed by atoms with E-state index < -0.39 is 46.6 Å². The molecule has 1 aliphatic heterocycles. The third-order valence-electron chi connectivity index (χ3n) is 7.53. The molecule has 0 amide bonds. The number of benzene rings is 2. The van der Waals surface area contributed by atoms with Crippen LogP contribution in [0, 0.1) is 22.7 Å². The molecule has 19 heteroatoms.